The van der Waals surface area contributed by atoms with Gasteiger partial charge in [-0.25, -0.2) is 4.79 Å². The van der Waals surface area contributed by atoms with Crippen LogP contribution in [0.25, 0.3) is 0 Å². The van der Waals surface area contributed by atoms with Gasteiger partial charge in [0.1, 0.15) is 24.2 Å². The normalized spacial score (nSPS) is 14.1. The number of hydrogen-bond acceptors (Lipinski definition) is 10. The first kappa shape index (κ1) is 42.5. The zero-order valence-corrected chi connectivity index (χ0v) is 26.9. The molecule has 0 saturated carbocycles. The number of guanidine groups is 1. The van der Waals surface area contributed by atoms with Gasteiger partial charge >= 0.3 is 17.9 Å². The van der Waals surface area contributed by atoms with Gasteiger partial charge in [-0.3, -0.25) is 34.2 Å². The van der Waals surface area contributed by atoms with E-state index < -0.39 is 84.6 Å². The lowest BCUT2D eigenvalue weighted by Crippen LogP contribution is -2.58. The Kier molecular flexibility index (Phi) is 20.7. The average Bonchev–Trinajstić information content (AvgIpc) is 2.97. The van der Waals surface area contributed by atoms with Gasteiger partial charge in [-0.15, -0.1) is 0 Å². The van der Waals surface area contributed by atoms with Crippen LogP contribution in [0.3, 0.4) is 0 Å². The summed E-state index contributed by atoms with van der Waals surface area (Å²) in [6.07, 6.45) is -0.205. The van der Waals surface area contributed by atoms with Crippen LogP contribution in [-0.2, 0) is 33.6 Å². The van der Waals surface area contributed by atoms with Gasteiger partial charge in [-0.1, -0.05) is 13.8 Å². The SMILES string of the molecule is CC(C)C[C@H](NC(=O)[C@H](CCC(=O)O)NC(=O)[C@@H](N)CCC(=O)O)C(=O)N[C@@H](CCCNC(=N)N)C(=O)N[C@H](CCCCN)C(=O)O. The standard InChI is InChI=1S/C28H51N9O10/c1-15(2)14-20(37-25(44)18(9-11-22(40)41)34-23(42)16(30)8-10-21(38)39)26(45)35-17(7-5-13-33-28(31)32)24(43)36-19(27(46)47)6-3-4-12-29/h15-20H,3-14,29-30H2,1-2H3,(H,34,42)(H,35,45)(H,36,43)(H,37,44)(H,38,39)(H,40,41)(H,46,47)(H4,31,32,33)/t16-,17-,18-,19+,20-/m0/s1. The Labute approximate surface area is 273 Å². The lowest BCUT2D eigenvalue weighted by Gasteiger charge is -2.27. The Morgan fingerprint density at radius 1 is 0.660 bits per heavy atom. The minimum absolute atomic E-state index is 0.000856. The summed E-state index contributed by atoms with van der Waals surface area (Å²) >= 11 is 0. The Hall–Kier alpha value is -4.52. The zero-order valence-electron chi connectivity index (χ0n) is 26.9. The van der Waals surface area contributed by atoms with E-state index in [1.54, 1.807) is 13.8 Å². The van der Waals surface area contributed by atoms with Crippen molar-refractivity contribution in [3.05, 3.63) is 0 Å². The minimum atomic E-state index is -1.45. The number of carboxylic acid groups (broad SMARTS) is 3. The molecule has 0 rings (SSSR count). The highest BCUT2D eigenvalue weighted by molar-refractivity contribution is 5.95. The monoisotopic (exact) mass is 673 g/mol. The van der Waals surface area contributed by atoms with Crippen LogP contribution in [0.4, 0.5) is 0 Å². The highest BCUT2D eigenvalue weighted by Gasteiger charge is 2.32. The summed E-state index contributed by atoms with van der Waals surface area (Å²) in [5.74, 6) is -7.62. The van der Waals surface area contributed by atoms with Crippen LogP contribution in [0.2, 0.25) is 0 Å². The van der Waals surface area contributed by atoms with Crippen LogP contribution in [0.5, 0.6) is 0 Å². The van der Waals surface area contributed by atoms with Crippen molar-refractivity contribution in [3.8, 4) is 0 Å². The fraction of sp³-hybridized carbons (Fsp3) is 0.714. The second-order valence-electron chi connectivity index (χ2n) is 11.5. The third kappa shape index (κ3) is 19.6. The van der Waals surface area contributed by atoms with E-state index in [2.05, 4.69) is 26.6 Å². The number of carbonyl (C=O) groups is 7. The van der Waals surface area contributed by atoms with Crippen molar-refractivity contribution in [3.63, 3.8) is 0 Å². The molecule has 47 heavy (non-hydrogen) atoms. The van der Waals surface area contributed by atoms with Crippen molar-refractivity contribution in [2.45, 2.75) is 108 Å². The van der Waals surface area contributed by atoms with Crippen LogP contribution < -0.4 is 43.8 Å². The molecule has 0 saturated heterocycles. The number of nitrogens with one attached hydrogen (secondary N) is 6. The fourth-order valence-corrected chi connectivity index (χ4v) is 4.29. The minimum Gasteiger partial charge on any atom is -0.481 e. The smallest absolute Gasteiger partial charge is 0.326 e. The van der Waals surface area contributed by atoms with E-state index in [4.69, 9.17) is 32.8 Å². The lowest BCUT2D eigenvalue weighted by atomic mass is 10.0. The first-order valence-electron chi connectivity index (χ1n) is 15.4. The molecule has 0 bridgehead atoms. The Morgan fingerprint density at radius 2 is 1.13 bits per heavy atom. The molecule has 5 atom stereocenters. The molecular weight excluding hydrogens is 622 g/mol. The number of carbonyl (C=O) groups excluding carboxylic acids is 4. The van der Waals surface area contributed by atoms with E-state index in [1.165, 1.54) is 0 Å². The summed E-state index contributed by atoms with van der Waals surface area (Å²) in [5.41, 5.74) is 16.5. The van der Waals surface area contributed by atoms with E-state index in [-0.39, 0.29) is 56.9 Å². The quantitative estimate of drug-likeness (QED) is 0.0271. The summed E-state index contributed by atoms with van der Waals surface area (Å²) in [4.78, 5) is 86.4. The topological polar surface area (TPSA) is 342 Å². The molecule has 19 nitrogen and oxygen atoms in total. The van der Waals surface area contributed by atoms with Gasteiger partial charge in [0.05, 0.1) is 6.04 Å². The molecule has 0 radical (unpaired) electrons. The molecular formula is C28H51N9O10. The summed E-state index contributed by atoms with van der Waals surface area (Å²) in [6, 6.07) is -6.52. The molecule has 0 aliphatic rings. The maximum atomic E-state index is 13.5. The number of aliphatic carboxylic acids is 3. The van der Waals surface area contributed by atoms with Crippen LogP contribution in [0.15, 0.2) is 0 Å². The number of nitrogens with two attached hydrogens (primary N) is 3. The average molecular weight is 674 g/mol. The predicted octanol–water partition coefficient (Wildman–Crippen LogP) is -2.49. The molecule has 0 fully saturated rings. The zero-order chi connectivity index (χ0) is 36.1. The van der Waals surface area contributed by atoms with Gasteiger partial charge < -0.3 is 59.1 Å². The summed E-state index contributed by atoms with van der Waals surface area (Å²) < 4.78 is 0. The van der Waals surface area contributed by atoms with E-state index in [0.29, 0.717) is 19.4 Å². The number of unbranched alkanes of at least 4 members (excludes halogenated alkanes) is 1. The van der Waals surface area contributed by atoms with E-state index in [9.17, 15) is 38.7 Å². The second-order valence-corrected chi connectivity index (χ2v) is 11.5. The van der Waals surface area contributed by atoms with Gasteiger partial charge in [-0.05, 0) is 63.8 Å². The van der Waals surface area contributed by atoms with Gasteiger partial charge in [0.2, 0.25) is 23.6 Å². The van der Waals surface area contributed by atoms with Crippen LogP contribution in [0, 0.1) is 11.3 Å². The van der Waals surface area contributed by atoms with Crippen LogP contribution >= 0.6 is 0 Å². The summed E-state index contributed by atoms with van der Waals surface area (Å²) in [5, 5.41) is 47.3. The first-order valence-corrected chi connectivity index (χ1v) is 15.4. The number of amides is 4. The number of hydrogen-bond donors (Lipinski definition) is 12. The molecule has 0 aromatic carbocycles. The second kappa shape index (κ2) is 22.9. The number of rotatable bonds is 25. The fourth-order valence-electron chi connectivity index (χ4n) is 4.29. The molecule has 0 aromatic rings. The summed E-state index contributed by atoms with van der Waals surface area (Å²) in [6.45, 7) is 4.02. The van der Waals surface area contributed by atoms with E-state index in [0.717, 1.165) is 0 Å². The van der Waals surface area contributed by atoms with Crippen molar-refractivity contribution < 1.29 is 48.9 Å². The van der Waals surface area contributed by atoms with E-state index in [1.807, 2.05) is 0 Å². The molecule has 0 aromatic heterocycles. The van der Waals surface area contributed by atoms with Gasteiger partial charge in [0, 0.05) is 19.4 Å². The Balaban J connectivity index is 6.00. The molecule has 0 heterocycles. The predicted molar refractivity (Wildman–Crippen MR) is 169 cm³/mol. The Bertz CT molecular complexity index is 1090. The molecule has 0 aliphatic carbocycles. The lowest BCUT2D eigenvalue weighted by molar-refractivity contribution is -0.142. The number of carboxylic acids is 3. The molecule has 19 heteroatoms. The van der Waals surface area contributed by atoms with Crippen LogP contribution in [0.1, 0.15) is 78.1 Å². The Morgan fingerprint density at radius 3 is 1.64 bits per heavy atom. The maximum absolute atomic E-state index is 13.5. The molecule has 4 amide bonds. The van der Waals surface area contributed by atoms with Crippen molar-refractivity contribution in [2.75, 3.05) is 13.1 Å². The summed E-state index contributed by atoms with van der Waals surface area (Å²) in [7, 11) is 0. The molecule has 268 valence electrons. The third-order valence-corrected chi connectivity index (χ3v) is 6.81. The van der Waals surface area contributed by atoms with Crippen LogP contribution in [-0.4, -0.2) is 106 Å². The molecule has 0 aliphatic heterocycles. The highest BCUT2D eigenvalue weighted by Crippen LogP contribution is 2.10. The first-order chi connectivity index (χ1) is 22.0. The van der Waals surface area contributed by atoms with Gasteiger partial charge in [-0.2, -0.15) is 0 Å². The molecule has 0 unspecified atom stereocenters. The van der Waals surface area contributed by atoms with Crippen molar-refractivity contribution in [1.82, 2.24) is 26.6 Å². The molecule has 15 N–H and O–H groups in total. The highest BCUT2D eigenvalue weighted by atomic mass is 16.4. The van der Waals surface area contributed by atoms with Crippen molar-refractivity contribution >= 4 is 47.5 Å². The van der Waals surface area contributed by atoms with Gasteiger partial charge in [0.25, 0.3) is 0 Å². The van der Waals surface area contributed by atoms with E-state index >= 15 is 0 Å². The van der Waals surface area contributed by atoms with Gasteiger partial charge in [0.15, 0.2) is 5.96 Å². The largest absolute Gasteiger partial charge is 0.481 e. The van der Waals surface area contributed by atoms with Crippen molar-refractivity contribution in [1.29, 1.82) is 5.41 Å². The molecule has 0 spiro atoms. The van der Waals surface area contributed by atoms with Crippen molar-refractivity contribution in [2.24, 2.45) is 23.1 Å². The third-order valence-electron chi connectivity index (χ3n) is 6.81. The maximum Gasteiger partial charge on any atom is 0.326 e.